The van der Waals surface area contributed by atoms with E-state index in [1.807, 2.05) is 60.5 Å². The lowest BCUT2D eigenvalue weighted by Crippen LogP contribution is -2.36. The van der Waals surface area contributed by atoms with Crippen LogP contribution in [0.1, 0.15) is 31.2 Å². The zero-order valence-electron chi connectivity index (χ0n) is 18.3. The molecule has 0 aromatic heterocycles. The zero-order valence-corrected chi connectivity index (χ0v) is 19.2. The second kappa shape index (κ2) is 13.8. The summed E-state index contributed by atoms with van der Waals surface area (Å²) < 4.78 is 5.88. The molecule has 2 rings (SSSR count). The average molecular weight is 426 g/mol. The van der Waals surface area contributed by atoms with E-state index in [2.05, 4.69) is 36.0 Å². The molecule has 0 unspecified atom stereocenters. The van der Waals surface area contributed by atoms with Crippen molar-refractivity contribution >= 4 is 23.0 Å². The van der Waals surface area contributed by atoms with Crippen molar-refractivity contribution in [2.24, 2.45) is 0 Å². The number of anilines is 1. The van der Waals surface area contributed by atoms with Crippen LogP contribution in [0.3, 0.4) is 0 Å². The topological polar surface area (TPSA) is 27.7 Å². The largest absolute Gasteiger partial charge is 0.494 e. The molecular formula is C25H35N3OS. The number of thiocarbonyl (C=S) groups is 1. The van der Waals surface area contributed by atoms with Crippen LogP contribution in [0, 0.1) is 0 Å². The fourth-order valence-electron chi connectivity index (χ4n) is 3.11. The smallest absolute Gasteiger partial charge is 0.173 e. The van der Waals surface area contributed by atoms with Gasteiger partial charge in [-0.25, -0.2) is 0 Å². The lowest BCUT2D eigenvalue weighted by atomic mass is 10.2. The monoisotopic (exact) mass is 425 g/mol. The van der Waals surface area contributed by atoms with Gasteiger partial charge < -0.3 is 19.9 Å². The predicted molar refractivity (Wildman–Crippen MR) is 132 cm³/mol. The molecule has 30 heavy (non-hydrogen) atoms. The van der Waals surface area contributed by atoms with Crippen LogP contribution < -0.4 is 15.0 Å². The maximum absolute atomic E-state index is 5.88. The van der Waals surface area contributed by atoms with Gasteiger partial charge in [-0.1, -0.05) is 49.2 Å². The Morgan fingerprint density at radius 3 is 2.40 bits per heavy atom. The van der Waals surface area contributed by atoms with Crippen molar-refractivity contribution in [3.8, 4) is 5.75 Å². The van der Waals surface area contributed by atoms with E-state index in [1.165, 1.54) is 24.8 Å². The van der Waals surface area contributed by atoms with Gasteiger partial charge in [-0.2, -0.15) is 0 Å². The Hall–Kier alpha value is -2.37. The molecular weight excluding hydrogens is 390 g/mol. The maximum Gasteiger partial charge on any atom is 0.173 e. The summed E-state index contributed by atoms with van der Waals surface area (Å²) in [5.41, 5.74) is 2.25. The minimum absolute atomic E-state index is 0.700. The first-order valence-corrected chi connectivity index (χ1v) is 11.1. The molecule has 0 fully saturated rings. The number of nitrogens with one attached hydrogen (secondary N) is 1. The zero-order chi connectivity index (χ0) is 21.6. The van der Waals surface area contributed by atoms with Crippen molar-refractivity contribution in [2.75, 3.05) is 38.7 Å². The molecule has 0 radical (unpaired) electrons. The first kappa shape index (κ1) is 23.9. The number of nitrogens with zero attached hydrogens (tertiary/aromatic N) is 2. The Morgan fingerprint density at radius 2 is 1.70 bits per heavy atom. The number of benzene rings is 2. The third-order valence-electron chi connectivity index (χ3n) is 4.96. The highest BCUT2D eigenvalue weighted by Crippen LogP contribution is 2.19. The number of rotatable bonds is 13. The van der Waals surface area contributed by atoms with Crippen LogP contribution in [0.25, 0.3) is 0 Å². The quantitative estimate of drug-likeness (QED) is 0.269. The summed E-state index contributed by atoms with van der Waals surface area (Å²) in [5.74, 6) is 0.904. The third kappa shape index (κ3) is 8.97. The Kier molecular flexibility index (Phi) is 11.0. The van der Waals surface area contributed by atoms with Gasteiger partial charge in [0, 0.05) is 25.8 Å². The van der Waals surface area contributed by atoms with Gasteiger partial charge in [-0.15, -0.1) is 6.58 Å². The lowest BCUT2D eigenvalue weighted by molar-refractivity contribution is 0.300. The van der Waals surface area contributed by atoms with E-state index in [-0.39, 0.29) is 0 Å². The van der Waals surface area contributed by atoms with Crippen molar-refractivity contribution in [2.45, 2.75) is 32.2 Å². The minimum Gasteiger partial charge on any atom is -0.494 e. The number of likely N-dealkylation sites (N-methyl/N-ethyl adjacent to an activating group) is 1. The standard InChI is InChI=1S/C25H35N3OS/c1-4-18-27(2)19-10-5-6-11-20-29-24-16-14-23(15-17-24)28(3)25(30)26-21-22-12-8-7-9-13-22/h4,7-9,12-17H,1,5-6,10-11,18-21H2,2-3H3,(H,26,30). The summed E-state index contributed by atoms with van der Waals surface area (Å²) in [6, 6.07) is 18.4. The van der Waals surface area contributed by atoms with Gasteiger partial charge in [0.2, 0.25) is 0 Å². The molecule has 2 aromatic carbocycles. The van der Waals surface area contributed by atoms with E-state index in [0.717, 1.165) is 44.1 Å². The van der Waals surface area contributed by atoms with Crippen LogP contribution in [0.15, 0.2) is 67.3 Å². The second-order valence-corrected chi connectivity index (χ2v) is 7.90. The predicted octanol–water partition coefficient (Wildman–Crippen LogP) is 5.25. The summed E-state index contributed by atoms with van der Waals surface area (Å²) >= 11 is 5.52. The van der Waals surface area contributed by atoms with Gasteiger partial charge in [-0.05, 0) is 68.5 Å². The normalized spacial score (nSPS) is 10.6. The van der Waals surface area contributed by atoms with Crippen LogP contribution in [-0.4, -0.2) is 43.8 Å². The fourth-order valence-corrected chi connectivity index (χ4v) is 3.29. The van der Waals surface area contributed by atoms with Crippen molar-refractivity contribution < 1.29 is 4.74 Å². The lowest BCUT2D eigenvalue weighted by Gasteiger charge is -2.21. The third-order valence-corrected chi connectivity index (χ3v) is 5.38. The Morgan fingerprint density at radius 1 is 1.00 bits per heavy atom. The van der Waals surface area contributed by atoms with E-state index >= 15 is 0 Å². The molecule has 0 amide bonds. The number of ether oxygens (including phenoxy) is 1. The van der Waals surface area contributed by atoms with Crippen molar-refractivity contribution in [3.63, 3.8) is 0 Å². The van der Waals surface area contributed by atoms with E-state index < -0.39 is 0 Å². The molecule has 0 aliphatic rings. The summed E-state index contributed by atoms with van der Waals surface area (Å²) in [5, 5.41) is 4.00. The molecule has 2 aromatic rings. The van der Waals surface area contributed by atoms with Crippen LogP contribution in [0.4, 0.5) is 5.69 Å². The first-order chi connectivity index (χ1) is 14.6. The van der Waals surface area contributed by atoms with Gasteiger partial charge in [-0.3, -0.25) is 0 Å². The molecule has 0 saturated carbocycles. The Balaban J connectivity index is 1.64. The number of hydrogen-bond acceptors (Lipinski definition) is 3. The van der Waals surface area contributed by atoms with Crippen molar-refractivity contribution in [1.82, 2.24) is 10.2 Å². The average Bonchev–Trinajstić information content (AvgIpc) is 2.77. The minimum atomic E-state index is 0.700. The summed E-state index contributed by atoms with van der Waals surface area (Å²) in [6.07, 6.45) is 6.70. The van der Waals surface area contributed by atoms with Crippen molar-refractivity contribution in [3.05, 3.63) is 72.8 Å². The van der Waals surface area contributed by atoms with Crippen LogP contribution in [0.2, 0.25) is 0 Å². The molecule has 0 bridgehead atoms. The van der Waals surface area contributed by atoms with Gasteiger partial charge in [0.05, 0.1) is 6.61 Å². The van der Waals surface area contributed by atoms with Gasteiger partial charge in [0.25, 0.3) is 0 Å². The van der Waals surface area contributed by atoms with E-state index in [0.29, 0.717) is 5.11 Å². The number of unbranched alkanes of at least 4 members (excludes halogenated alkanes) is 3. The highest BCUT2D eigenvalue weighted by Gasteiger charge is 2.07. The maximum atomic E-state index is 5.88. The van der Waals surface area contributed by atoms with E-state index in [1.54, 1.807) is 0 Å². The van der Waals surface area contributed by atoms with Crippen LogP contribution >= 0.6 is 12.2 Å². The number of hydrogen-bond donors (Lipinski definition) is 1. The molecule has 0 atom stereocenters. The van der Waals surface area contributed by atoms with E-state index in [9.17, 15) is 0 Å². The second-order valence-electron chi connectivity index (χ2n) is 7.51. The molecule has 0 aliphatic heterocycles. The molecule has 1 N–H and O–H groups in total. The van der Waals surface area contributed by atoms with Gasteiger partial charge in [0.1, 0.15) is 5.75 Å². The van der Waals surface area contributed by atoms with Crippen molar-refractivity contribution in [1.29, 1.82) is 0 Å². The van der Waals surface area contributed by atoms with Gasteiger partial charge in [0.15, 0.2) is 5.11 Å². The fraction of sp³-hybridized carbons (Fsp3) is 0.400. The molecule has 0 saturated heterocycles. The summed E-state index contributed by atoms with van der Waals surface area (Å²) in [6.45, 7) is 7.34. The van der Waals surface area contributed by atoms with Crippen LogP contribution in [0.5, 0.6) is 5.75 Å². The SMILES string of the molecule is C=CCN(C)CCCCCCOc1ccc(N(C)C(=S)NCc2ccccc2)cc1. The van der Waals surface area contributed by atoms with E-state index in [4.69, 9.17) is 17.0 Å². The molecule has 0 heterocycles. The highest BCUT2D eigenvalue weighted by molar-refractivity contribution is 7.80. The molecule has 162 valence electrons. The summed E-state index contributed by atoms with van der Waals surface area (Å²) in [4.78, 5) is 4.27. The summed E-state index contributed by atoms with van der Waals surface area (Å²) in [7, 11) is 4.11. The van der Waals surface area contributed by atoms with Crippen LogP contribution in [-0.2, 0) is 6.54 Å². The molecule has 4 nitrogen and oxygen atoms in total. The Labute approximate surface area is 187 Å². The molecule has 0 spiro atoms. The Bertz CT molecular complexity index is 749. The first-order valence-electron chi connectivity index (χ1n) is 10.7. The molecule has 5 heteroatoms. The highest BCUT2D eigenvalue weighted by atomic mass is 32.1. The molecule has 0 aliphatic carbocycles. The van der Waals surface area contributed by atoms with Gasteiger partial charge >= 0.3 is 0 Å².